The summed E-state index contributed by atoms with van der Waals surface area (Å²) in [5, 5.41) is 0. The van der Waals surface area contributed by atoms with Crippen molar-refractivity contribution in [3.63, 3.8) is 0 Å². The Hall–Kier alpha value is -3.15. The van der Waals surface area contributed by atoms with Gasteiger partial charge in [0.15, 0.2) is 6.10 Å². The summed E-state index contributed by atoms with van der Waals surface area (Å²) < 4.78 is 16.8. The van der Waals surface area contributed by atoms with E-state index in [2.05, 4.69) is 93.7 Å². The van der Waals surface area contributed by atoms with E-state index in [-0.39, 0.29) is 31.1 Å². The molecule has 0 spiro atoms. The zero-order valence-electron chi connectivity index (χ0n) is 41.3. The molecule has 0 N–H and O–H groups in total. The van der Waals surface area contributed by atoms with Gasteiger partial charge in [0.05, 0.1) is 0 Å². The molecule has 0 aliphatic rings. The molecule has 0 aromatic carbocycles. The van der Waals surface area contributed by atoms with E-state index in [0.29, 0.717) is 19.3 Å². The maximum absolute atomic E-state index is 12.8. The number of hydrogen-bond acceptors (Lipinski definition) is 6. The van der Waals surface area contributed by atoms with Crippen molar-refractivity contribution in [1.29, 1.82) is 0 Å². The third kappa shape index (κ3) is 49.7. The van der Waals surface area contributed by atoms with Crippen LogP contribution in [-0.4, -0.2) is 37.2 Å². The summed E-state index contributed by atoms with van der Waals surface area (Å²) in [6.07, 6.45) is 64.5. The van der Waals surface area contributed by atoms with E-state index in [0.717, 1.165) is 96.3 Å². The lowest BCUT2D eigenvalue weighted by Gasteiger charge is -2.18. The van der Waals surface area contributed by atoms with Crippen LogP contribution in [0.4, 0.5) is 0 Å². The highest BCUT2D eigenvalue weighted by Crippen LogP contribution is 2.14. The van der Waals surface area contributed by atoms with Crippen molar-refractivity contribution in [3.05, 3.63) is 72.9 Å². The van der Waals surface area contributed by atoms with Crippen LogP contribution in [0.15, 0.2) is 72.9 Å². The molecule has 362 valence electrons. The molecule has 0 rings (SSSR count). The van der Waals surface area contributed by atoms with Gasteiger partial charge in [0.2, 0.25) is 0 Å². The second kappa shape index (κ2) is 51.5. The molecule has 0 saturated heterocycles. The van der Waals surface area contributed by atoms with Crippen molar-refractivity contribution >= 4 is 17.9 Å². The number of carbonyl (C=O) groups excluding carboxylic acids is 3. The number of ether oxygens (including phenoxy) is 3. The van der Waals surface area contributed by atoms with Crippen molar-refractivity contribution in [2.24, 2.45) is 0 Å². The van der Waals surface area contributed by atoms with Crippen molar-refractivity contribution in [3.8, 4) is 0 Å². The predicted molar refractivity (Wildman–Crippen MR) is 270 cm³/mol. The Bertz CT molecular complexity index is 1190. The van der Waals surface area contributed by atoms with Crippen LogP contribution in [-0.2, 0) is 28.6 Å². The number of esters is 3. The van der Waals surface area contributed by atoms with Crippen LogP contribution >= 0.6 is 0 Å². The van der Waals surface area contributed by atoms with Gasteiger partial charge in [0.25, 0.3) is 0 Å². The Balaban J connectivity index is 4.37. The number of carbonyl (C=O) groups is 3. The van der Waals surface area contributed by atoms with E-state index >= 15 is 0 Å². The van der Waals surface area contributed by atoms with E-state index in [1.807, 2.05) is 0 Å². The number of rotatable bonds is 47. The van der Waals surface area contributed by atoms with Crippen molar-refractivity contribution in [1.82, 2.24) is 0 Å². The van der Waals surface area contributed by atoms with Crippen LogP contribution in [0.2, 0.25) is 0 Å². The summed E-state index contributed by atoms with van der Waals surface area (Å²) >= 11 is 0. The molecule has 0 amide bonds. The van der Waals surface area contributed by atoms with Gasteiger partial charge in [0.1, 0.15) is 13.2 Å². The van der Waals surface area contributed by atoms with Crippen LogP contribution < -0.4 is 0 Å². The lowest BCUT2D eigenvalue weighted by Crippen LogP contribution is -2.30. The van der Waals surface area contributed by atoms with E-state index in [4.69, 9.17) is 14.2 Å². The Kier molecular flexibility index (Phi) is 48.9. The smallest absolute Gasteiger partial charge is 0.306 e. The van der Waals surface area contributed by atoms with Crippen molar-refractivity contribution in [2.45, 2.75) is 258 Å². The Morgan fingerprint density at radius 2 is 0.683 bits per heavy atom. The number of hydrogen-bond donors (Lipinski definition) is 0. The summed E-state index contributed by atoms with van der Waals surface area (Å²) in [6.45, 7) is 6.44. The standard InChI is InChI=1S/C57H98O6/c1-4-7-10-13-16-19-22-24-26-27-28-29-31-32-35-38-41-44-47-50-56(59)62-53-54(52-61-55(58)49-46-43-40-37-34-21-18-15-12-9-6-3)63-57(60)51-48-45-42-39-36-33-30-25-23-20-17-14-11-8-5-2/h7,10,15-20,23-26,54H,4-6,8-9,11-14,21-22,27-53H2,1-3H3/b10-7-,18-15-,19-16-,20-17-,25-23-,26-24-. The monoisotopic (exact) mass is 879 g/mol. The fraction of sp³-hybridized carbons (Fsp3) is 0.737. The van der Waals surface area contributed by atoms with Crippen LogP contribution in [0.1, 0.15) is 252 Å². The molecule has 63 heavy (non-hydrogen) atoms. The van der Waals surface area contributed by atoms with Gasteiger partial charge in [-0.2, -0.15) is 0 Å². The molecule has 0 bridgehead atoms. The predicted octanol–water partition coefficient (Wildman–Crippen LogP) is 17.4. The minimum Gasteiger partial charge on any atom is -0.462 e. The normalized spacial score (nSPS) is 12.6. The highest BCUT2D eigenvalue weighted by Gasteiger charge is 2.19. The zero-order valence-corrected chi connectivity index (χ0v) is 41.3. The summed E-state index contributed by atoms with van der Waals surface area (Å²) in [7, 11) is 0. The van der Waals surface area contributed by atoms with Crippen molar-refractivity contribution in [2.75, 3.05) is 13.2 Å². The van der Waals surface area contributed by atoms with Gasteiger partial charge in [-0.15, -0.1) is 0 Å². The maximum atomic E-state index is 12.8. The first kappa shape index (κ1) is 59.9. The minimum absolute atomic E-state index is 0.0857. The molecule has 1 atom stereocenters. The van der Waals surface area contributed by atoms with E-state index in [9.17, 15) is 14.4 Å². The molecule has 0 aromatic rings. The average Bonchev–Trinajstić information content (AvgIpc) is 3.28. The molecule has 1 unspecified atom stereocenters. The molecule has 0 aromatic heterocycles. The van der Waals surface area contributed by atoms with E-state index < -0.39 is 6.10 Å². The first-order valence-corrected chi connectivity index (χ1v) is 26.5. The minimum atomic E-state index is -0.786. The highest BCUT2D eigenvalue weighted by molar-refractivity contribution is 5.71. The van der Waals surface area contributed by atoms with Gasteiger partial charge >= 0.3 is 17.9 Å². The van der Waals surface area contributed by atoms with Gasteiger partial charge in [0, 0.05) is 19.3 Å². The Morgan fingerprint density at radius 3 is 1.13 bits per heavy atom. The van der Waals surface area contributed by atoms with Crippen molar-refractivity contribution < 1.29 is 28.6 Å². The lowest BCUT2D eigenvalue weighted by atomic mass is 10.1. The Labute approximate surface area is 389 Å². The first-order valence-electron chi connectivity index (χ1n) is 26.5. The first-order chi connectivity index (χ1) is 31.0. The second-order valence-electron chi connectivity index (χ2n) is 17.4. The molecule has 6 nitrogen and oxygen atoms in total. The van der Waals surface area contributed by atoms with E-state index in [1.165, 1.54) is 116 Å². The molecular weight excluding hydrogens is 781 g/mol. The maximum Gasteiger partial charge on any atom is 0.306 e. The lowest BCUT2D eigenvalue weighted by molar-refractivity contribution is -0.167. The van der Waals surface area contributed by atoms with Gasteiger partial charge in [-0.1, -0.05) is 209 Å². The molecule has 0 aliphatic carbocycles. The second-order valence-corrected chi connectivity index (χ2v) is 17.4. The Morgan fingerprint density at radius 1 is 0.349 bits per heavy atom. The van der Waals surface area contributed by atoms with Gasteiger partial charge < -0.3 is 14.2 Å². The van der Waals surface area contributed by atoms with Crippen LogP contribution in [0.25, 0.3) is 0 Å². The molecular formula is C57H98O6. The molecule has 0 saturated carbocycles. The largest absolute Gasteiger partial charge is 0.462 e. The summed E-state index contributed by atoms with van der Waals surface area (Å²) in [5.41, 5.74) is 0. The SMILES string of the molecule is CC/C=C\C/C=C\C/C=C\CCCCCCCCCCCC(=O)OCC(COC(=O)CCCCCCC/C=C\CCCC)OC(=O)CCCCCCCC/C=C\C=C/CCCCC. The highest BCUT2D eigenvalue weighted by atomic mass is 16.6. The quantitative estimate of drug-likeness (QED) is 0.0199. The number of allylic oxidation sites excluding steroid dienone is 12. The van der Waals surface area contributed by atoms with Gasteiger partial charge in [-0.05, 0) is 96.3 Å². The summed E-state index contributed by atoms with van der Waals surface area (Å²) in [6, 6.07) is 0. The molecule has 6 heteroatoms. The molecule has 0 heterocycles. The fourth-order valence-electron chi connectivity index (χ4n) is 7.19. The van der Waals surface area contributed by atoms with E-state index in [1.54, 1.807) is 0 Å². The third-order valence-electron chi connectivity index (χ3n) is 11.2. The fourth-order valence-corrected chi connectivity index (χ4v) is 7.19. The third-order valence-corrected chi connectivity index (χ3v) is 11.2. The summed E-state index contributed by atoms with van der Waals surface area (Å²) in [5.74, 6) is -0.910. The van der Waals surface area contributed by atoms with Gasteiger partial charge in [-0.25, -0.2) is 0 Å². The van der Waals surface area contributed by atoms with Crippen LogP contribution in [0.3, 0.4) is 0 Å². The molecule has 0 radical (unpaired) electrons. The number of unbranched alkanes of at least 4 members (excludes halogenated alkanes) is 25. The summed E-state index contributed by atoms with van der Waals surface area (Å²) in [4.78, 5) is 38.0. The van der Waals surface area contributed by atoms with Crippen LogP contribution in [0.5, 0.6) is 0 Å². The van der Waals surface area contributed by atoms with Crippen LogP contribution in [0, 0.1) is 0 Å². The average molecular weight is 879 g/mol. The molecule has 0 fully saturated rings. The topological polar surface area (TPSA) is 78.9 Å². The van der Waals surface area contributed by atoms with Gasteiger partial charge in [-0.3, -0.25) is 14.4 Å². The zero-order chi connectivity index (χ0) is 45.8. The molecule has 0 aliphatic heterocycles.